The number of carbonyl (C=O) groups is 4. The molecular formula is C41H51N7O9S. The Hall–Kier alpha value is -5.19. The maximum atomic E-state index is 14.7. The summed E-state index contributed by atoms with van der Waals surface area (Å²) in [6.45, 7) is 3.48. The van der Waals surface area contributed by atoms with Crippen molar-refractivity contribution in [3.8, 4) is 17.4 Å². The minimum atomic E-state index is -4.00. The molecule has 8 rings (SSSR count). The van der Waals surface area contributed by atoms with Gasteiger partial charge in [0.25, 0.3) is 11.8 Å². The van der Waals surface area contributed by atoms with Crippen LogP contribution in [0.3, 0.4) is 0 Å². The lowest BCUT2D eigenvalue weighted by atomic mass is 10.0. The van der Waals surface area contributed by atoms with Crippen LogP contribution in [0.25, 0.3) is 10.9 Å². The summed E-state index contributed by atoms with van der Waals surface area (Å²) in [4.78, 5) is 62.9. The van der Waals surface area contributed by atoms with Crippen LogP contribution in [0.2, 0.25) is 0 Å². The first-order valence-corrected chi connectivity index (χ1v) is 21.7. The third kappa shape index (κ3) is 7.84. The number of hydrogen-bond acceptors (Lipinski definition) is 11. The fourth-order valence-corrected chi connectivity index (χ4v) is 9.30. The van der Waals surface area contributed by atoms with E-state index in [0.717, 1.165) is 31.2 Å². The molecule has 16 nitrogen and oxygen atoms in total. The van der Waals surface area contributed by atoms with Crippen LogP contribution >= 0.6 is 0 Å². The maximum absolute atomic E-state index is 14.7. The SMILES string of the molecule is COc1ccc2c(O[C@@H]3C[C@H]4C(=O)N[C@]5(C(=O)NS(=O)(=O)C6(C)CC6)C[C@H]5/C=C\CCCCC[C@H](NC(=O)c5ccn(C)n5)C(=O)N4C3)cc(OC3CC3)nc2c1C. The van der Waals surface area contributed by atoms with E-state index < -0.39 is 68.0 Å². The number of hydrogen-bond donors (Lipinski definition) is 3. The van der Waals surface area contributed by atoms with E-state index in [0.29, 0.717) is 60.4 Å². The number of nitrogens with one attached hydrogen (secondary N) is 3. The summed E-state index contributed by atoms with van der Waals surface area (Å²) in [6, 6.07) is 4.84. The lowest BCUT2D eigenvalue weighted by Gasteiger charge is -2.30. The first-order chi connectivity index (χ1) is 27.7. The Morgan fingerprint density at radius 3 is 2.52 bits per heavy atom. The predicted octanol–water partition coefficient (Wildman–Crippen LogP) is 3.37. The van der Waals surface area contributed by atoms with Crippen LogP contribution in [0.4, 0.5) is 0 Å². The Bertz CT molecular complexity index is 2280. The number of methoxy groups -OCH3 is 1. The number of rotatable bonds is 10. The van der Waals surface area contributed by atoms with E-state index in [1.807, 2.05) is 31.2 Å². The molecule has 2 aliphatic heterocycles. The number of ether oxygens (including phenoxy) is 3. The maximum Gasteiger partial charge on any atom is 0.272 e. The Labute approximate surface area is 337 Å². The first-order valence-electron chi connectivity index (χ1n) is 20.2. The number of carbonyl (C=O) groups excluding carboxylic acids is 4. The fraction of sp³-hybridized carbons (Fsp3) is 0.561. The van der Waals surface area contributed by atoms with Gasteiger partial charge in [-0.05, 0) is 83.4 Å². The zero-order valence-electron chi connectivity index (χ0n) is 33.3. The molecule has 0 spiro atoms. The summed E-state index contributed by atoms with van der Waals surface area (Å²) in [6.07, 6.45) is 11.0. The Morgan fingerprint density at radius 2 is 1.81 bits per heavy atom. The number of nitrogens with zero attached hydrogens (tertiary/aromatic N) is 4. The van der Waals surface area contributed by atoms with Crippen molar-refractivity contribution in [2.75, 3.05) is 13.7 Å². The zero-order chi connectivity index (χ0) is 41.0. The van der Waals surface area contributed by atoms with Gasteiger partial charge in [-0.15, -0.1) is 0 Å². The highest BCUT2D eigenvalue weighted by molar-refractivity contribution is 7.91. The van der Waals surface area contributed by atoms with Gasteiger partial charge in [0.15, 0.2) is 0 Å². The van der Waals surface area contributed by atoms with Gasteiger partial charge in [0.2, 0.25) is 27.7 Å². The number of amides is 4. The number of fused-ring (bicyclic) bond motifs is 3. The summed E-state index contributed by atoms with van der Waals surface area (Å²) < 4.78 is 47.6. The van der Waals surface area contributed by atoms with Crippen molar-refractivity contribution in [2.24, 2.45) is 13.0 Å². The number of sulfonamides is 1. The molecule has 3 aliphatic carbocycles. The van der Waals surface area contributed by atoms with Gasteiger partial charge in [-0.1, -0.05) is 25.0 Å². The molecule has 0 bridgehead atoms. The van der Waals surface area contributed by atoms with Crippen LogP contribution in [-0.2, 0) is 31.5 Å². The number of allylic oxidation sites excluding steroid dienone is 1. The fourth-order valence-electron chi connectivity index (χ4n) is 7.99. The number of aryl methyl sites for hydroxylation is 2. The monoisotopic (exact) mass is 817 g/mol. The lowest BCUT2D eigenvalue weighted by Crippen LogP contribution is -2.58. The van der Waals surface area contributed by atoms with Gasteiger partial charge in [0.05, 0.1) is 23.9 Å². The Balaban J connectivity index is 1.13. The quantitative estimate of drug-likeness (QED) is 0.254. The number of benzene rings is 1. The summed E-state index contributed by atoms with van der Waals surface area (Å²) in [5, 5.41) is 10.7. The van der Waals surface area contributed by atoms with E-state index in [1.54, 1.807) is 39.4 Å². The molecule has 0 unspecified atom stereocenters. The van der Waals surface area contributed by atoms with Gasteiger partial charge in [-0.2, -0.15) is 5.10 Å². The average Bonchev–Trinajstić information content (AvgIpc) is 4.15. The summed E-state index contributed by atoms with van der Waals surface area (Å²) in [5.74, 6) is -1.38. The predicted molar refractivity (Wildman–Crippen MR) is 212 cm³/mol. The van der Waals surface area contributed by atoms with Crippen LogP contribution in [0.5, 0.6) is 17.4 Å². The topological polar surface area (TPSA) is 200 Å². The van der Waals surface area contributed by atoms with E-state index in [2.05, 4.69) is 20.5 Å². The van der Waals surface area contributed by atoms with Gasteiger partial charge in [0.1, 0.15) is 47.0 Å². The highest BCUT2D eigenvalue weighted by atomic mass is 32.2. The second-order valence-corrected chi connectivity index (χ2v) is 18.9. The van der Waals surface area contributed by atoms with Crippen LogP contribution in [-0.4, -0.2) is 99.9 Å². The summed E-state index contributed by atoms with van der Waals surface area (Å²) in [7, 11) is -0.723. The molecule has 3 saturated carbocycles. The van der Waals surface area contributed by atoms with E-state index in [4.69, 9.17) is 19.2 Å². The van der Waals surface area contributed by atoms with E-state index in [1.165, 1.54) is 9.58 Å². The second kappa shape index (κ2) is 15.2. The van der Waals surface area contributed by atoms with Crippen molar-refractivity contribution in [2.45, 2.75) is 119 Å². The standard InChI is InChI=1S/C41H51N7O9S/c1-24-32(55-4)15-14-28-33(21-34(43-35(24)28)57-26-12-13-26)56-27-20-31-37(50)44-41(39(52)46-58(53,54)40(2)17-18-40)22-25(41)10-8-6-5-7-9-11-30(38(51)48(31)23-27)42-36(49)29-16-19-47(3)45-29/h8,10,14-16,19,21,25-27,30-31H,5-7,9,11-13,17-18,20,22-23H2,1-4H3,(H,42,49)(H,44,50)(H,46,52)/b10-8-/t25-,27-,30+,31+,41-/m1/s1. The molecule has 0 radical (unpaired) electrons. The Kier molecular flexibility index (Phi) is 10.4. The van der Waals surface area contributed by atoms with Crippen molar-refractivity contribution in [1.82, 2.24) is 35.0 Å². The second-order valence-electron chi connectivity index (χ2n) is 16.7. The minimum Gasteiger partial charge on any atom is -0.496 e. The largest absolute Gasteiger partial charge is 0.496 e. The van der Waals surface area contributed by atoms with E-state index in [9.17, 15) is 27.6 Å². The molecule has 5 aliphatic rings. The summed E-state index contributed by atoms with van der Waals surface area (Å²) >= 11 is 0. The van der Waals surface area contributed by atoms with Crippen LogP contribution in [0.1, 0.15) is 93.6 Å². The van der Waals surface area contributed by atoms with Gasteiger partial charge in [0, 0.05) is 42.6 Å². The van der Waals surface area contributed by atoms with Crippen LogP contribution < -0.4 is 29.6 Å². The molecule has 5 atom stereocenters. The van der Waals surface area contributed by atoms with Crippen molar-refractivity contribution < 1.29 is 41.8 Å². The van der Waals surface area contributed by atoms with Crippen LogP contribution in [0, 0.1) is 12.8 Å². The van der Waals surface area contributed by atoms with E-state index in [-0.39, 0.29) is 31.2 Å². The van der Waals surface area contributed by atoms with Gasteiger partial charge >= 0.3 is 0 Å². The van der Waals surface area contributed by atoms with Crippen LogP contribution in [0.15, 0.2) is 42.6 Å². The number of pyridine rings is 1. The van der Waals surface area contributed by atoms with E-state index >= 15 is 0 Å². The highest BCUT2D eigenvalue weighted by Crippen LogP contribution is 2.48. The molecule has 3 N–H and O–H groups in total. The molecule has 4 fully saturated rings. The third-order valence-electron chi connectivity index (χ3n) is 12.2. The zero-order valence-corrected chi connectivity index (χ0v) is 34.1. The van der Waals surface area contributed by atoms with Gasteiger partial charge < -0.3 is 29.7 Å². The molecule has 4 heterocycles. The molecule has 310 valence electrons. The lowest BCUT2D eigenvalue weighted by molar-refractivity contribution is -0.141. The van der Waals surface area contributed by atoms with Gasteiger partial charge in [-0.25, -0.2) is 13.4 Å². The average molecular weight is 818 g/mol. The Morgan fingerprint density at radius 1 is 1.02 bits per heavy atom. The highest BCUT2D eigenvalue weighted by Gasteiger charge is 2.63. The molecule has 3 aromatic rings. The van der Waals surface area contributed by atoms with Crippen molar-refractivity contribution in [3.63, 3.8) is 0 Å². The van der Waals surface area contributed by atoms with Crippen molar-refractivity contribution in [3.05, 3.63) is 53.9 Å². The molecule has 2 aromatic heterocycles. The molecule has 1 saturated heterocycles. The van der Waals surface area contributed by atoms with Gasteiger partial charge in [-0.3, -0.25) is 28.6 Å². The van der Waals surface area contributed by atoms with Crippen molar-refractivity contribution in [1.29, 1.82) is 0 Å². The molecule has 17 heteroatoms. The smallest absolute Gasteiger partial charge is 0.272 e. The first kappa shape index (κ1) is 39.6. The summed E-state index contributed by atoms with van der Waals surface area (Å²) in [5.41, 5.74) is 0.0405. The molecular weight excluding hydrogens is 767 g/mol. The molecule has 4 amide bonds. The molecule has 58 heavy (non-hydrogen) atoms. The normalized spacial score (nSPS) is 27.6. The third-order valence-corrected chi connectivity index (χ3v) is 14.3. The van der Waals surface area contributed by atoms with Crippen molar-refractivity contribution >= 4 is 44.6 Å². The minimum absolute atomic E-state index is 0.0140. The number of aromatic nitrogens is 3. The molecule has 1 aromatic carbocycles.